The summed E-state index contributed by atoms with van der Waals surface area (Å²) < 4.78 is 10.6. The molecule has 1 aliphatic rings. The third-order valence-electron chi connectivity index (χ3n) is 3.26. The predicted octanol–water partition coefficient (Wildman–Crippen LogP) is 3.18. The Morgan fingerprint density at radius 2 is 2.30 bits per heavy atom. The number of amides is 1. The quantitative estimate of drug-likeness (QED) is 0.870. The zero-order chi connectivity index (χ0) is 13.9. The molecule has 0 unspecified atom stereocenters. The fraction of sp³-hybridized carbons (Fsp3) is 0.267. The van der Waals surface area contributed by atoms with Crippen LogP contribution in [0.15, 0.2) is 47.1 Å². The molecule has 20 heavy (non-hydrogen) atoms. The van der Waals surface area contributed by atoms with Gasteiger partial charge in [0.25, 0.3) is 5.91 Å². The van der Waals surface area contributed by atoms with Crippen molar-refractivity contribution in [3.63, 3.8) is 0 Å². The molecule has 0 spiro atoms. The molecular weight excluding hydrogens is 274 g/mol. The molecule has 0 saturated carbocycles. The summed E-state index contributed by atoms with van der Waals surface area (Å²) in [4.78, 5) is 14.5. The van der Waals surface area contributed by atoms with Gasteiger partial charge >= 0.3 is 0 Å². The number of nitrogens with zero attached hydrogens (tertiary/aromatic N) is 1. The second kappa shape index (κ2) is 5.63. The van der Waals surface area contributed by atoms with Gasteiger partial charge in [0.05, 0.1) is 13.4 Å². The van der Waals surface area contributed by atoms with Crippen molar-refractivity contribution in [2.24, 2.45) is 0 Å². The summed E-state index contributed by atoms with van der Waals surface area (Å²) in [6, 6.07) is 11.0. The first-order valence-corrected chi connectivity index (χ1v) is 7.44. The second-order valence-electron chi connectivity index (χ2n) is 4.47. The Kier molecular flexibility index (Phi) is 3.69. The Morgan fingerprint density at radius 3 is 3.05 bits per heavy atom. The average molecular weight is 289 g/mol. The van der Waals surface area contributed by atoms with Crippen LogP contribution in [0.4, 0.5) is 0 Å². The first-order valence-electron chi connectivity index (χ1n) is 6.39. The summed E-state index contributed by atoms with van der Waals surface area (Å²) in [5.74, 6) is 2.44. The third kappa shape index (κ3) is 2.41. The van der Waals surface area contributed by atoms with Gasteiger partial charge in [0, 0.05) is 17.9 Å². The first kappa shape index (κ1) is 13.1. The summed E-state index contributed by atoms with van der Waals surface area (Å²) in [5.41, 5.74) is 0.642. The largest absolute Gasteiger partial charge is 0.497 e. The van der Waals surface area contributed by atoms with Crippen LogP contribution in [0.3, 0.4) is 0 Å². The molecule has 1 atom stereocenters. The molecule has 1 aliphatic heterocycles. The number of carbonyl (C=O) groups is 1. The number of rotatable bonds is 3. The molecule has 3 rings (SSSR count). The lowest BCUT2D eigenvalue weighted by Crippen LogP contribution is -2.30. The van der Waals surface area contributed by atoms with Crippen molar-refractivity contribution in [2.45, 2.75) is 5.37 Å². The van der Waals surface area contributed by atoms with Crippen molar-refractivity contribution < 1.29 is 13.9 Å². The lowest BCUT2D eigenvalue weighted by Gasteiger charge is -2.22. The van der Waals surface area contributed by atoms with Crippen molar-refractivity contribution in [3.8, 4) is 5.75 Å². The van der Waals surface area contributed by atoms with Gasteiger partial charge in [0.2, 0.25) is 0 Å². The molecule has 1 amide bonds. The van der Waals surface area contributed by atoms with Gasteiger partial charge < -0.3 is 14.1 Å². The minimum absolute atomic E-state index is 0.00954. The number of thioether (sulfide) groups is 1. The number of furan rings is 1. The molecule has 5 heteroatoms. The van der Waals surface area contributed by atoms with Gasteiger partial charge in [-0.05, 0) is 30.3 Å². The highest BCUT2D eigenvalue weighted by Gasteiger charge is 2.33. The number of hydrogen-bond acceptors (Lipinski definition) is 4. The van der Waals surface area contributed by atoms with Crippen LogP contribution >= 0.6 is 11.8 Å². The van der Waals surface area contributed by atoms with Gasteiger partial charge in [0.1, 0.15) is 16.9 Å². The minimum Gasteiger partial charge on any atom is -0.497 e. The Bertz CT molecular complexity index is 597. The molecule has 2 heterocycles. The van der Waals surface area contributed by atoms with Crippen LogP contribution in [0, 0.1) is 0 Å². The third-order valence-corrected chi connectivity index (χ3v) is 4.48. The molecule has 2 aromatic rings. The van der Waals surface area contributed by atoms with Gasteiger partial charge in [-0.3, -0.25) is 4.79 Å². The number of carbonyl (C=O) groups excluding carboxylic acids is 1. The highest BCUT2D eigenvalue weighted by Crippen LogP contribution is 2.39. The van der Waals surface area contributed by atoms with Gasteiger partial charge in [-0.1, -0.05) is 6.07 Å². The molecule has 4 nitrogen and oxygen atoms in total. The number of hydrogen-bond donors (Lipinski definition) is 0. The van der Waals surface area contributed by atoms with E-state index in [0.29, 0.717) is 11.3 Å². The zero-order valence-electron chi connectivity index (χ0n) is 11.1. The number of benzene rings is 1. The molecule has 0 N–H and O–H groups in total. The summed E-state index contributed by atoms with van der Waals surface area (Å²) in [6.07, 6.45) is 1.64. The minimum atomic E-state index is -0.0382. The molecule has 1 fully saturated rings. The highest BCUT2D eigenvalue weighted by atomic mass is 32.2. The van der Waals surface area contributed by atoms with Crippen LogP contribution in [0.2, 0.25) is 0 Å². The van der Waals surface area contributed by atoms with Crippen LogP contribution in [0.5, 0.6) is 5.75 Å². The topological polar surface area (TPSA) is 42.7 Å². The predicted molar refractivity (Wildman–Crippen MR) is 77.9 cm³/mol. The fourth-order valence-electron chi connectivity index (χ4n) is 2.27. The van der Waals surface area contributed by atoms with Crippen molar-refractivity contribution in [1.29, 1.82) is 0 Å². The maximum absolute atomic E-state index is 12.6. The van der Waals surface area contributed by atoms with Crippen molar-refractivity contribution >= 4 is 17.7 Å². The molecule has 0 radical (unpaired) electrons. The normalized spacial score (nSPS) is 18.2. The lowest BCUT2D eigenvalue weighted by molar-refractivity contribution is 0.0749. The molecule has 1 aromatic carbocycles. The summed E-state index contributed by atoms with van der Waals surface area (Å²) in [6.45, 7) is 0.728. The van der Waals surface area contributed by atoms with Gasteiger partial charge in [-0.2, -0.15) is 0 Å². The summed E-state index contributed by atoms with van der Waals surface area (Å²) in [5, 5.41) is -0.0382. The van der Waals surface area contributed by atoms with Crippen LogP contribution in [-0.4, -0.2) is 30.2 Å². The van der Waals surface area contributed by atoms with E-state index < -0.39 is 0 Å². The highest BCUT2D eigenvalue weighted by molar-refractivity contribution is 7.99. The number of ether oxygens (including phenoxy) is 1. The van der Waals surface area contributed by atoms with E-state index in [1.165, 1.54) is 0 Å². The van der Waals surface area contributed by atoms with Gasteiger partial charge in [-0.25, -0.2) is 0 Å². The lowest BCUT2D eigenvalue weighted by atomic mass is 10.2. The zero-order valence-corrected chi connectivity index (χ0v) is 11.9. The standard InChI is InChI=1S/C15H15NO3S/c1-18-12-5-2-4-11(10-12)14(17)16-7-9-20-15(16)13-6-3-8-19-13/h2-6,8,10,15H,7,9H2,1H3/t15-/m0/s1. The maximum Gasteiger partial charge on any atom is 0.255 e. The molecule has 104 valence electrons. The van der Waals surface area contributed by atoms with E-state index in [-0.39, 0.29) is 11.3 Å². The van der Waals surface area contributed by atoms with Crippen LogP contribution < -0.4 is 4.74 Å². The van der Waals surface area contributed by atoms with Crippen molar-refractivity contribution in [3.05, 3.63) is 54.0 Å². The molecule has 1 aromatic heterocycles. The Balaban J connectivity index is 1.85. The van der Waals surface area contributed by atoms with Crippen molar-refractivity contribution in [1.82, 2.24) is 4.90 Å². The first-order chi connectivity index (χ1) is 9.79. The van der Waals surface area contributed by atoms with Crippen LogP contribution in [0.1, 0.15) is 21.5 Å². The van der Waals surface area contributed by atoms with E-state index in [9.17, 15) is 4.79 Å². The fourth-order valence-corrected chi connectivity index (χ4v) is 3.47. The Morgan fingerprint density at radius 1 is 1.40 bits per heavy atom. The SMILES string of the molecule is COc1cccc(C(=O)N2CCS[C@H]2c2ccco2)c1. The molecular formula is C15H15NO3S. The van der Waals surface area contributed by atoms with Crippen LogP contribution in [0.25, 0.3) is 0 Å². The summed E-state index contributed by atoms with van der Waals surface area (Å²) in [7, 11) is 1.60. The maximum atomic E-state index is 12.6. The summed E-state index contributed by atoms with van der Waals surface area (Å²) >= 11 is 1.72. The Hall–Kier alpha value is -1.88. The van der Waals surface area contributed by atoms with E-state index in [0.717, 1.165) is 18.1 Å². The van der Waals surface area contributed by atoms with E-state index in [2.05, 4.69) is 0 Å². The molecule has 1 saturated heterocycles. The van der Waals surface area contributed by atoms with E-state index in [4.69, 9.17) is 9.15 Å². The van der Waals surface area contributed by atoms with Gasteiger partial charge in [0.15, 0.2) is 0 Å². The molecule has 0 bridgehead atoms. The average Bonchev–Trinajstić information content (AvgIpc) is 3.16. The van der Waals surface area contributed by atoms with E-state index >= 15 is 0 Å². The second-order valence-corrected chi connectivity index (χ2v) is 5.66. The van der Waals surface area contributed by atoms with Gasteiger partial charge in [-0.15, -0.1) is 11.8 Å². The monoisotopic (exact) mass is 289 g/mol. The Labute approximate surface area is 121 Å². The van der Waals surface area contributed by atoms with Crippen LogP contribution in [-0.2, 0) is 0 Å². The van der Waals surface area contributed by atoms with Crippen molar-refractivity contribution in [2.75, 3.05) is 19.4 Å². The molecule has 0 aliphatic carbocycles. The smallest absolute Gasteiger partial charge is 0.255 e. The van der Waals surface area contributed by atoms with E-state index in [1.807, 2.05) is 35.2 Å². The van der Waals surface area contributed by atoms with E-state index in [1.54, 1.807) is 31.2 Å². The number of methoxy groups -OCH3 is 1.